The van der Waals surface area contributed by atoms with E-state index in [0.717, 1.165) is 16.9 Å². The van der Waals surface area contributed by atoms with Gasteiger partial charge in [-0.3, -0.25) is 14.5 Å². The van der Waals surface area contributed by atoms with Crippen LogP contribution >= 0.6 is 11.8 Å². The molecule has 29 heavy (non-hydrogen) atoms. The molecule has 0 spiro atoms. The standard InChI is InChI=1S/C23H27N3O2S/c1-14(2)17-7-10-18(11-8-17)25-23-26(5)22(28)20(29-23)13-21(27)24-19-9-6-15(3)16(4)12-19/h6-12,14,20H,13H2,1-5H3,(H,24,27)/t20-/m1/s1. The van der Waals surface area contributed by atoms with Gasteiger partial charge in [-0.25, -0.2) is 4.99 Å². The molecule has 1 atom stereocenters. The van der Waals surface area contributed by atoms with Gasteiger partial charge in [-0.1, -0.05) is 43.8 Å². The van der Waals surface area contributed by atoms with Gasteiger partial charge in [-0.15, -0.1) is 0 Å². The quantitative estimate of drug-likeness (QED) is 0.754. The van der Waals surface area contributed by atoms with Crippen LogP contribution in [0.5, 0.6) is 0 Å². The van der Waals surface area contributed by atoms with Crippen molar-refractivity contribution in [3.8, 4) is 0 Å². The van der Waals surface area contributed by atoms with Crippen molar-refractivity contribution in [1.29, 1.82) is 0 Å². The predicted molar refractivity (Wildman–Crippen MR) is 121 cm³/mol. The second-order valence-corrected chi connectivity index (χ2v) is 8.87. The highest BCUT2D eigenvalue weighted by atomic mass is 32.2. The van der Waals surface area contributed by atoms with E-state index < -0.39 is 5.25 Å². The molecule has 2 amide bonds. The van der Waals surface area contributed by atoms with E-state index in [2.05, 4.69) is 36.3 Å². The molecule has 0 radical (unpaired) electrons. The molecule has 0 aromatic heterocycles. The van der Waals surface area contributed by atoms with Crippen molar-refractivity contribution in [3.05, 3.63) is 59.2 Å². The number of anilines is 1. The summed E-state index contributed by atoms with van der Waals surface area (Å²) in [5.41, 5.74) is 5.09. The van der Waals surface area contributed by atoms with E-state index in [1.807, 2.05) is 44.2 Å². The lowest BCUT2D eigenvalue weighted by Gasteiger charge is -2.10. The topological polar surface area (TPSA) is 61.8 Å². The fourth-order valence-electron chi connectivity index (χ4n) is 3.04. The Morgan fingerprint density at radius 2 is 1.83 bits per heavy atom. The molecule has 0 aliphatic carbocycles. The van der Waals surface area contributed by atoms with Crippen LogP contribution in [0.4, 0.5) is 11.4 Å². The highest BCUT2D eigenvalue weighted by molar-refractivity contribution is 8.15. The van der Waals surface area contributed by atoms with Gasteiger partial charge in [-0.05, 0) is 60.7 Å². The Balaban J connectivity index is 1.66. The molecule has 1 saturated heterocycles. The summed E-state index contributed by atoms with van der Waals surface area (Å²) in [6, 6.07) is 13.8. The SMILES string of the molecule is Cc1ccc(NC(=O)C[C@H]2SC(=Nc3ccc(C(C)C)cc3)N(C)C2=O)cc1C. The maximum atomic E-state index is 12.6. The zero-order chi connectivity index (χ0) is 21.1. The summed E-state index contributed by atoms with van der Waals surface area (Å²) in [6.07, 6.45) is 0.117. The van der Waals surface area contributed by atoms with Gasteiger partial charge >= 0.3 is 0 Å². The van der Waals surface area contributed by atoms with Crippen LogP contribution in [0.3, 0.4) is 0 Å². The maximum Gasteiger partial charge on any atom is 0.242 e. The van der Waals surface area contributed by atoms with Gasteiger partial charge in [0.1, 0.15) is 5.25 Å². The molecule has 6 heteroatoms. The van der Waals surface area contributed by atoms with Crippen LogP contribution in [0.1, 0.15) is 42.9 Å². The molecular weight excluding hydrogens is 382 g/mol. The highest BCUT2D eigenvalue weighted by Crippen LogP contribution is 2.31. The molecule has 1 heterocycles. The van der Waals surface area contributed by atoms with E-state index in [0.29, 0.717) is 11.1 Å². The van der Waals surface area contributed by atoms with E-state index in [1.165, 1.54) is 27.8 Å². The minimum absolute atomic E-state index is 0.0946. The highest BCUT2D eigenvalue weighted by Gasteiger charge is 2.37. The largest absolute Gasteiger partial charge is 0.326 e. The van der Waals surface area contributed by atoms with Gasteiger partial charge in [-0.2, -0.15) is 0 Å². The van der Waals surface area contributed by atoms with Gasteiger partial charge in [0.05, 0.1) is 5.69 Å². The molecule has 1 aliphatic heterocycles. The molecule has 0 saturated carbocycles. The Morgan fingerprint density at radius 1 is 1.14 bits per heavy atom. The van der Waals surface area contributed by atoms with Crippen LogP contribution in [0.25, 0.3) is 0 Å². The number of thioether (sulfide) groups is 1. The fourth-order valence-corrected chi connectivity index (χ4v) is 4.20. The van der Waals surface area contributed by atoms with Crippen molar-refractivity contribution < 1.29 is 9.59 Å². The summed E-state index contributed by atoms with van der Waals surface area (Å²) in [7, 11) is 1.71. The van der Waals surface area contributed by atoms with Gasteiger partial charge in [0, 0.05) is 19.2 Å². The molecule has 5 nitrogen and oxygen atoms in total. The zero-order valence-electron chi connectivity index (χ0n) is 17.5. The van der Waals surface area contributed by atoms with Crippen LogP contribution in [0.2, 0.25) is 0 Å². The first-order valence-electron chi connectivity index (χ1n) is 9.74. The minimum Gasteiger partial charge on any atom is -0.326 e. The van der Waals surface area contributed by atoms with Crippen molar-refractivity contribution in [2.75, 3.05) is 12.4 Å². The van der Waals surface area contributed by atoms with Crippen molar-refractivity contribution in [2.45, 2.75) is 45.3 Å². The third-order valence-electron chi connectivity index (χ3n) is 5.09. The minimum atomic E-state index is -0.458. The third-order valence-corrected chi connectivity index (χ3v) is 6.32. The van der Waals surface area contributed by atoms with Crippen LogP contribution < -0.4 is 5.32 Å². The van der Waals surface area contributed by atoms with E-state index in [1.54, 1.807) is 7.05 Å². The van der Waals surface area contributed by atoms with Crippen molar-refractivity contribution in [1.82, 2.24) is 4.90 Å². The lowest BCUT2D eigenvalue weighted by molar-refractivity contribution is -0.127. The lowest BCUT2D eigenvalue weighted by Crippen LogP contribution is -2.30. The smallest absolute Gasteiger partial charge is 0.242 e. The second kappa shape index (κ2) is 8.82. The summed E-state index contributed by atoms with van der Waals surface area (Å²) in [5, 5.41) is 3.05. The van der Waals surface area contributed by atoms with Crippen LogP contribution in [0, 0.1) is 13.8 Å². The Bertz CT molecular complexity index is 951. The van der Waals surface area contributed by atoms with E-state index in [-0.39, 0.29) is 18.2 Å². The number of carbonyl (C=O) groups is 2. The van der Waals surface area contributed by atoms with Crippen LogP contribution in [-0.2, 0) is 9.59 Å². The first kappa shape index (κ1) is 21.1. The number of amidine groups is 1. The third kappa shape index (κ3) is 5.07. The van der Waals surface area contributed by atoms with Crippen LogP contribution in [-0.4, -0.2) is 34.2 Å². The number of nitrogens with one attached hydrogen (secondary N) is 1. The number of benzene rings is 2. The Morgan fingerprint density at radius 3 is 2.45 bits per heavy atom. The monoisotopic (exact) mass is 409 g/mol. The summed E-state index contributed by atoms with van der Waals surface area (Å²) >= 11 is 1.34. The molecular formula is C23H27N3O2S. The number of rotatable bonds is 5. The average Bonchev–Trinajstić information content (AvgIpc) is 2.93. The van der Waals surface area contributed by atoms with E-state index in [9.17, 15) is 9.59 Å². The Hall–Kier alpha value is -2.60. The fraction of sp³-hybridized carbons (Fsp3) is 0.348. The molecule has 152 valence electrons. The Labute approximate surface area is 176 Å². The van der Waals surface area contributed by atoms with Crippen molar-refractivity contribution >= 4 is 40.1 Å². The number of amides is 2. The second-order valence-electron chi connectivity index (χ2n) is 7.70. The molecule has 2 aromatic carbocycles. The van der Waals surface area contributed by atoms with Gasteiger partial charge < -0.3 is 5.32 Å². The van der Waals surface area contributed by atoms with Crippen molar-refractivity contribution in [3.63, 3.8) is 0 Å². The number of aliphatic imine (C=N–C) groups is 1. The molecule has 0 unspecified atom stereocenters. The van der Waals surface area contributed by atoms with E-state index in [4.69, 9.17) is 0 Å². The lowest BCUT2D eigenvalue weighted by atomic mass is 10.0. The van der Waals surface area contributed by atoms with E-state index >= 15 is 0 Å². The van der Waals surface area contributed by atoms with Crippen molar-refractivity contribution in [2.24, 2.45) is 4.99 Å². The first-order chi connectivity index (χ1) is 13.7. The normalized spacial score (nSPS) is 18.0. The summed E-state index contributed by atoms with van der Waals surface area (Å²) in [4.78, 5) is 31.2. The Kier molecular flexibility index (Phi) is 6.42. The van der Waals surface area contributed by atoms with Gasteiger partial charge in [0.25, 0.3) is 0 Å². The molecule has 1 aliphatic rings. The maximum absolute atomic E-state index is 12.6. The van der Waals surface area contributed by atoms with Gasteiger partial charge in [0.2, 0.25) is 11.8 Å². The summed E-state index contributed by atoms with van der Waals surface area (Å²) < 4.78 is 0. The summed E-state index contributed by atoms with van der Waals surface area (Å²) in [6.45, 7) is 8.33. The summed E-state index contributed by atoms with van der Waals surface area (Å²) in [5.74, 6) is 0.194. The molecule has 1 N–H and O–H groups in total. The van der Waals surface area contributed by atoms with Gasteiger partial charge in [0.15, 0.2) is 5.17 Å². The van der Waals surface area contributed by atoms with Crippen LogP contribution in [0.15, 0.2) is 47.5 Å². The number of hydrogen-bond acceptors (Lipinski definition) is 4. The molecule has 2 aromatic rings. The average molecular weight is 410 g/mol. The molecule has 1 fully saturated rings. The molecule has 0 bridgehead atoms. The number of aryl methyl sites for hydroxylation is 2. The first-order valence-corrected chi connectivity index (χ1v) is 10.6. The zero-order valence-corrected chi connectivity index (χ0v) is 18.3. The predicted octanol–water partition coefficient (Wildman–Crippen LogP) is 5.02. The number of carbonyl (C=O) groups excluding carboxylic acids is 2. The number of hydrogen-bond donors (Lipinski definition) is 1. The number of nitrogens with zero attached hydrogens (tertiary/aromatic N) is 2. The molecule has 3 rings (SSSR count).